The molecule has 0 radical (unpaired) electrons. The summed E-state index contributed by atoms with van der Waals surface area (Å²) in [5.74, 6) is 0.182. The molecule has 2 aromatic carbocycles. The highest BCUT2D eigenvalue weighted by Crippen LogP contribution is 2.31. The number of hydrogen-bond donors (Lipinski definition) is 1. The minimum Gasteiger partial charge on any atom is -0.484 e. The van der Waals surface area contributed by atoms with Crippen molar-refractivity contribution in [2.45, 2.75) is 23.5 Å². The van der Waals surface area contributed by atoms with Gasteiger partial charge in [-0.15, -0.1) is 11.8 Å². The van der Waals surface area contributed by atoms with E-state index in [9.17, 15) is 4.79 Å². The number of hydrogen-bond acceptors (Lipinski definition) is 4. The van der Waals surface area contributed by atoms with Crippen LogP contribution in [0.2, 0.25) is 10.0 Å². The van der Waals surface area contributed by atoms with Gasteiger partial charge in [-0.1, -0.05) is 42.3 Å². The van der Waals surface area contributed by atoms with Gasteiger partial charge in [-0.05, 0) is 24.3 Å². The summed E-state index contributed by atoms with van der Waals surface area (Å²) in [5.41, 5.74) is 0.694. The molecule has 1 atom stereocenters. The van der Waals surface area contributed by atoms with E-state index in [1.165, 1.54) is 0 Å². The second kappa shape index (κ2) is 9.57. The zero-order chi connectivity index (χ0) is 18.2. The van der Waals surface area contributed by atoms with Gasteiger partial charge in [-0.2, -0.15) is 5.26 Å². The van der Waals surface area contributed by atoms with Crippen molar-refractivity contribution in [3.8, 4) is 11.8 Å². The van der Waals surface area contributed by atoms with Gasteiger partial charge in [0.15, 0.2) is 6.61 Å². The number of benzene rings is 2. The Balaban J connectivity index is 1.96. The number of amides is 1. The molecule has 130 valence electrons. The van der Waals surface area contributed by atoms with E-state index in [2.05, 4.69) is 11.4 Å². The molecule has 4 nitrogen and oxygen atoms in total. The maximum Gasteiger partial charge on any atom is 0.262 e. The molecule has 2 rings (SSSR count). The van der Waals surface area contributed by atoms with Crippen LogP contribution in [0.4, 0.5) is 5.69 Å². The Kier molecular flexibility index (Phi) is 7.45. The number of para-hydroxylation sites is 1. The molecule has 0 aliphatic heterocycles. The van der Waals surface area contributed by atoms with Gasteiger partial charge < -0.3 is 10.1 Å². The van der Waals surface area contributed by atoms with Crippen LogP contribution in [0.3, 0.4) is 0 Å². The Morgan fingerprint density at radius 3 is 2.76 bits per heavy atom. The lowest BCUT2D eigenvalue weighted by Gasteiger charge is -2.13. The van der Waals surface area contributed by atoms with E-state index in [1.807, 2.05) is 31.2 Å². The molecule has 0 saturated carbocycles. The predicted octanol–water partition coefficient (Wildman–Crippen LogP) is 5.41. The number of carbonyl (C=O) groups excluding carboxylic acids is 1. The van der Waals surface area contributed by atoms with Crippen molar-refractivity contribution in [2.24, 2.45) is 0 Å². The van der Waals surface area contributed by atoms with Crippen molar-refractivity contribution in [3.05, 3.63) is 52.5 Å². The van der Waals surface area contributed by atoms with Gasteiger partial charge in [0, 0.05) is 22.6 Å². The number of nitrogens with zero attached hydrogens (tertiary/aromatic N) is 1. The summed E-state index contributed by atoms with van der Waals surface area (Å²) in [5, 5.41) is 12.5. The predicted molar refractivity (Wildman–Crippen MR) is 103 cm³/mol. The molecule has 0 fully saturated rings. The van der Waals surface area contributed by atoms with E-state index in [4.69, 9.17) is 33.2 Å². The molecule has 1 N–H and O–H groups in total. The Morgan fingerprint density at radius 2 is 2.04 bits per heavy atom. The smallest absolute Gasteiger partial charge is 0.262 e. The number of halogens is 2. The standard InChI is InChI=1S/C18H16Cl2N2O2S/c1-12(8-9-21)25-17-5-3-2-4-16(17)22-18(23)11-24-13-6-7-14(19)15(20)10-13/h2-7,10,12H,8,11H2,1H3,(H,22,23)/t12-/m0/s1. The van der Waals surface area contributed by atoms with Gasteiger partial charge in [0.2, 0.25) is 0 Å². The molecule has 0 spiro atoms. The average Bonchev–Trinajstić information content (AvgIpc) is 2.58. The Hall–Kier alpha value is -1.87. The molecule has 0 aromatic heterocycles. The summed E-state index contributed by atoms with van der Waals surface area (Å²) in [6.07, 6.45) is 0.438. The molecular weight excluding hydrogens is 379 g/mol. The summed E-state index contributed by atoms with van der Waals surface area (Å²) >= 11 is 13.3. The second-order valence-corrected chi connectivity index (χ2v) is 7.49. The van der Waals surface area contributed by atoms with Crippen molar-refractivity contribution in [2.75, 3.05) is 11.9 Å². The molecule has 25 heavy (non-hydrogen) atoms. The summed E-state index contributed by atoms with van der Waals surface area (Å²) < 4.78 is 5.43. The molecule has 7 heteroatoms. The fourth-order valence-electron chi connectivity index (χ4n) is 1.96. The van der Waals surface area contributed by atoms with Crippen LogP contribution in [0, 0.1) is 11.3 Å². The van der Waals surface area contributed by atoms with E-state index >= 15 is 0 Å². The Labute approximate surface area is 161 Å². The number of ether oxygens (including phenoxy) is 1. The number of thioether (sulfide) groups is 1. The van der Waals surface area contributed by atoms with Crippen molar-refractivity contribution in [3.63, 3.8) is 0 Å². The van der Waals surface area contributed by atoms with Crippen LogP contribution >= 0.6 is 35.0 Å². The summed E-state index contributed by atoms with van der Waals surface area (Å²) in [4.78, 5) is 13.1. The molecule has 0 aliphatic carbocycles. The highest BCUT2D eigenvalue weighted by Gasteiger charge is 2.11. The first kappa shape index (κ1) is 19.5. The molecular formula is C18H16Cl2N2O2S. The first-order chi connectivity index (χ1) is 12.0. The molecule has 0 saturated heterocycles. The summed E-state index contributed by atoms with van der Waals surface area (Å²) in [6.45, 7) is 1.82. The quantitative estimate of drug-likeness (QED) is 0.637. The second-order valence-electron chi connectivity index (χ2n) is 5.20. The third kappa shape index (κ3) is 6.17. The number of nitrogens with one attached hydrogen (secondary N) is 1. The lowest BCUT2D eigenvalue weighted by atomic mass is 10.3. The van der Waals surface area contributed by atoms with E-state index in [-0.39, 0.29) is 17.8 Å². The average molecular weight is 395 g/mol. The van der Waals surface area contributed by atoms with Crippen LogP contribution in [0.5, 0.6) is 5.75 Å². The summed E-state index contributed by atoms with van der Waals surface area (Å²) in [6, 6.07) is 14.4. The van der Waals surface area contributed by atoms with Gasteiger partial charge in [0.1, 0.15) is 5.75 Å². The Morgan fingerprint density at radius 1 is 1.28 bits per heavy atom. The van der Waals surface area contributed by atoms with Gasteiger partial charge in [-0.25, -0.2) is 0 Å². The van der Waals surface area contributed by atoms with Crippen LogP contribution in [-0.4, -0.2) is 17.8 Å². The van der Waals surface area contributed by atoms with Crippen LogP contribution in [0.1, 0.15) is 13.3 Å². The lowest BCUT2D eigenvalue weighted by Crippen LogP contribution is -2.20. The maximum absolute atomic E-state index is 12.1. The van der Waals surface area contributed by atoms with E-state index in [1.54, 1.807) is 30.0 Å². The largest absolute Gasteiger partial charge is 0.484 e. The molecule has 0 bridgehead atoms. The third-order valence-corrected chi connectivity index (χ3v) is 5.05. The SMILES string of the molecule is C[C@@H](CC#N)Sc1ccccc1NC(=O)COc1ccc(Cl)c(Cl)c1. The minimum atomic E-state index is -0.285. The number of nitriles is 1. The first-order valence-electron chi connectivity index (χ1n) is 7.50. The third-order valence-electron chi connectivity index (χ3n) is 3.13. The zero-order valence-corrected chi connectivity index (χ0v) is 15.8. The van der Waals surface area contributed by atoms with Gasteiger partial charge in [0.25, 0.3) is 5.91 Å². The van der Waals surface area contributed by atoms with Crippen molar-refractivity contribution in [1.29, 1.82) is 5.26 Å². The van der Waals surface area contributed by atoms with E-state index in [0.29, 0.717) is 27.9 Å². The highest BCUT2D eigenvalue weighted by molar-refractivity contribution is 8.00. The monoisotopic (exact) mass is 394 g/mol. The zero-order valence-electron chi connectivity index (χ0n) is 13.5. The number of anilines is 1. The van der Waals surface area contributed by atoms with Gasteiger partial charge in [-0.3, -0.25) is 4.79 Å². The fraction of sp³-hybridized carbons (Fsp3) is 0.222. The van der Waals surface area contributed by atoms with Crippen molar-refractivity contribution in [1.82, 2.24) is 0 Å². The van der Waals surface area contributed by atoms with Gasteiger partial charge >= 0.3 is 0 Å². The maximum atomic E-state index is 12.1. The topological polar surface area (TPSA) is 62.1 Å². The number of rotatable bonds is 7. The normalized spacial score (nSPS) is 11.4. The molecule has 0 aliphatic rings. The van der Waals surface area contributed by atoms with Crippen molar-refractivity contribution < 1.29 is 9.53 Å². The van der Waals surface area contributed by atoms with Gasteiger partial charge in [0.05, 0.1) is 21.8 Å². The lowest BCUT2D eigenvalue weighted by molar-refractivity contribution is -0.118. The molecule has 1 amide bonds. The summed E-state index contributed by atoms with van der Waals surface area (Å²) in [7, 11) is 0. The highest BCUT2D eigenvalue weighted by atomic mass is 35.5. The van der Waals surface area contributed by atoms with E-state index in [0.717, 1.165) is 4.90 Å². The van der Waals surface area contributed by atoms with Crippen LogP contribution in [0.15, 0.2) is 47.4 Å². The van der Waals surface area contributed by atoms with E-state index < -0.39 is 0 Å². The van der Waals surface area contributed by atoms with Crippen LogP contribution < -0.4 is 10.1 Å². The van der Waals surface area contributed by atoms with Crippen LogP contribution in [-0.2, 0) is 4.79 Å². The fourth-order valence-corrected chi connectivity index (χ4v) is 3.24. The molecule has 2 aromatic rings. The Bertz CT molecular complexity index is 793. The first-order valence-corrected chi connectivity index (χ1v) is 9.13. The number of carbonyl (C=O) groups is 1. The molecule has 0 heterocycles. The molecule has 0 unspecified atom stereocenters. The van der Waals surface area contributed by atoms with Crippen LogP contribution in [0.25, 0.3) is 0 Å². The van der Waals surface area contributed by atoms with Crippen molar-refractivity contribution >= 4 is 46.6 Å². The minimum absolute atomic E-state index is 0.135.